The van der Waals surface area contributed by atoms with E-state index in [9.17, 15) is 4.79 Å². The van der Waals surface area contributed by atoms with E-state index >= 15 is 0 Å². The smallest absolute Gasteiger partial charge is 0.255 e. The van der Waals surface area contributed by atoms with E-state index in [0.717, 1.165) is 41.5 Å². The first kappa shape index (κ1) is 16.4. The summed E-state index contributed by atoms with van der Waals surface area (Å²) in [7, 11) is 1.61. The first-order valence-corrected chi connectivity index (χ1v) is 8.85. The first-order valence-electron chi connectivity index (χ1n) is 8.85. The largest absolute Gasteiger partial charge is 0.497 e. The molecule has 1 aliphatic rings. The average Bonchev–Trinajstić information content (AvgIpc) is 3.12. The van der Waals surface area contributed by atoms with Crippen LogP contribution in [0.4, 0.5) is 5.69 Å². The fourth-order valence-corrected chi connectivity index (χ4v) is 3.29. The SMILES string of the molecule is COc1ccc(C(=O)Nc2ccccc2-c2cn3c(n2)CCCC3)cc1. The highest BCUT2D eigenvalue weighted by Gasteiger charge is 2.16. The summed E-state index contributed by atoms with van der Waals surface area (Å²) >= 11 is 0. The Balaban J connectivity index is 1.61. The molecular weight excluding hydrogens is 326 g/mol. The number of aromatic nitrogens is 2. The van der Waals surface area contributed by atoms with Crippen molar-refractivity contribution in [3.63, 3.8) is 0 Å². The third-order valence-corrected chi connectivity index (χ3v) is 4.71. The van der Waals surface area contributed by atoms with Gasteiger partial charge in [0.05, 0.1) is 18.5 Å². The number of para-hydroxylation sites is 1. The van der Waals surface area contributed by atoms with E-state index in [1.165, 1.54) is 12.8 Å². The number of carbonyl (C=O) groups excluding carboxylic acids is 1. The van der Waals surface area contributed by atoms with Crippen LogP contribution in [0.1, 0.15) is 29.0 Å². The van der Waals surface area contributed by atoms with Crippen LogP contribution in [0, 0.1) is 0 Å². The van der Waals surface area contributed by atoms with Crippen LogP contribution in [0.5, 0.6) is 5.75 Å². The predicted octanol–water partition coefficient (Wildman–Crippen LogP) is 4.15. The van der Waals surface area contributed by atoms with Crippen molar-refractivity contribution in [2.75, 3.05) is 12.4 Å². The Kier molecular flexibility index (Phi) is 4.44. The Morgan fingerprint density at radius 1 is 1.12 bits per heavy atom. The Hall–Kier alpha value is -3.08. The van der Waals surface area contributed by atoms with Gasteiger partial charge in [-0.3, -0.25) is 4.79 Å². The molecule has 0 aliphatic carbocycles. The number of benzene rings is 2. The van der Waals surface area contributed by atoms with Crippen molar-refractivity contribution in [2.45, 2.75) is 25.8 Å². The molecule has 1 amide bonds. The van der Waals surface area contributed by atoms with Gasteiger partial charge in [0.15, 0.2) is 0 Å². The van der Waals surface area contributed by atoms with Crippen molar-refractivity contribution < 1.29 is 9.53 Å². The number of ether oxygens (including phenoxy) is 1. The number of fused-ring (bicyclic) bond motifs is 1. The third kappa shape index (κ3) is 3.20. The second kappa shape index (κ2) is 7.04. The topological polar surface area (TPSA) is 56.1 Å². The molecule has 0 unspecified atom stereocenters. The molecule has 0 saturated carbocycles. The third-order valence-electron chi connectivity index (χ3n) is 4.71. The van der Waals surface area contributed by atoms with Gasteiger partial charge in [0.25, 0.3) is 5.91 Å². The standard InChI is InChI=1S/C21H21N3O2/c1-26-16-11-9-15(10-12-16)21(25)23-18-7-3-2-6-17(18)19-14-24-13-5-4-8-20(24)22-19/h2-3,6-7,9-12,14H,4-5,8,13H2,1H3,(H,23,25). The van der Waals surface area contributed by atoms with E-state index in [-0.39, 0.29) is 5.91 Å². The van der Waals surface area contributed by atoms with E-state index in [1.807, 2.05) is 24.3 Å². The van der Waals surface area contributed by atoms with Gasteiger partial charge in [0.1, 0.15) is 11.6 Å². The Morgan fingerprint density at radius 3 is 2.69 bits per heavy atom. The summed E-state index contributed by atoms with van der Waals surface area (Å²) in [6.07, 6.45) is 5.48. The molecule has 0 radical (unpaired) electrons. The normalized spacial score (nSPS) is 13.1. The molecule has 0 spiro atoms. The van der Waals surface area contributed by atoms with Gasteiger partial charge in [-0.1, -0.05) is 18.2 Å². The fourth-order valence-electron chi connectivity index (χ4n) is 3.29. The monoisotopic (exact) mass is 347 g/mol. The quantitative estimate of drug-likeness (QED) is 0.771. The van der Waals surface area contributed by atoms with Crippen LogP contribution in [0.25, 0.3) is 11.3 Å². The zero-order chi connectivity index (χ0) is 17.9. The highest BCUT2D eigenvalue weighted by atomic mass is 16.5. The van der Waals surface area contributed by atoms with Gasteiger partial charge in [-0.05, 0) is 43.2 Å². The van der Waals surface area contributed by atoms with E-state index in [1.54, 1.807) is 31.4 Å². The van der Waals surface area contributed by atoms with Crippen LogP contribution >= 0.6 is 0 Å². The van der Waals surface area contributed by atoms with Crippen LogP contribution in [0.3, 0.4) is 0 Å². The Labute approximate surface area is 152 Å². The highest BCUT2D eigenvalue weighted by Crippen LogP contribution is 2.29. The summed E-state index contributed by atoms with van der Waals surface area (Å²) in [4.78, 5) is 17.4. The number of hydrogen-bond donors (Lipinski definition) is 1. The summed E-state index contributed by atoms with van der Waals surface area (Å²) in [5, 5.41) is 3.01. The number of aryl methyl sites for hydroxylation is 2. The second-order valence-corrected chi connectivity index (χ2v) is 6.42. The lowest BCUT2D eigenvalue weighted by Gasteiger charge is -2.11. The Morgan fingerprint density at radius 2 is 1.92 bits per heavy atom. The summed E-state index contributed by atoms with van der Waals surface area (Å²) < 4.78 is 7.36. The lowest BCUT2D eigenvalue weighted by Crippen LogP contribution is -2.12. The minimum Gasteiger partial charge on any atom is -0.497 e. The predicted molar refractivity (Wildman–Crippen MR) is 102 cm³/mol. The van der Waals surface area contributed by atoms with Gasteiger partial charge in [-0.25, -0.2) is 4.98 Å². The van der Waals surface area contributed by atoms with Crippen molar-refractivity contribution >= 4 is 11.6 Å². The molecule has 132 valence electrons. The summed E-state index contributed by atoms with van der Waals surface area (Å²) in [6, 6.07) is 14.9. The van der Waals surface area contributed by atoms with Crippen molar-refractivity contribution in [1.82, 2.24) is 9.55 Å². The van der Waals surface area contributed by atoms with Gasteiger partial charge < -0.3 is 14.6 Å². The van der Waals surface area contributed by atoms with E-state index in [2.05, 4.69) is 16.1 Å². The maximum Gasteiger partial charge on any atom is 0.255 e. The molecule has 26 heavy (non-hydrogen) atoms. The number of rotatable bonds is 4. The number of hydrogen-bond acceptors (Lipinski definition) is 3. The number of imidazole rings is 1. The minimum atomic E-state index is -0.149. The van der Waals surface area contributed by atoms with Gasteiger partial charge in [-0.2, -0.15) is 0 Å². The van der Waals surface area contributed by atoms with Crippen molar-refractivity contribution in [3.8, 4) is 17.0 Å². The van der Waals surface area contributed by atoms with E-state index < -0.39 is 0 Å². The molecule has 5 nitrogen and oxygen atoms in total. The molecular formula is C21H21N3O2. The van der Waals surface area contributed by atoms with Gasteiger partial charge >= 0.3 is 0 Å². The molecule has 1 N–H and O–H groups in total. The number of nitrogens with zero attached hydrogens (tertiary/aromatic N) is 2. The van der Waals surface area contributed by atoms with Crippen molar-refractivity contribution in [1.29, 1.82) is 0 Å². The van der Waals surface area contributed by atoms with Crippen LogP contribution < -0.4 is 10.1 Å². The summed E-state index contributed by atoms with van der Waals surface area (Å²) in [5.41, 5.74) is 3.21. The number of amides is 1. The fraction of sp³-hybridized carbons (Fsp3) is 0.238. The van der Waals surface area contributed by atoms with Crippen molar-refractivity contribution in [3.05, 3.63) is 66.1 Å². The van der Waals surface area contributed by atoms with Crippen molar-refractivity contribution in [2.24, 2.45) is 0 Å². The van der Waals surface area contributed by atoms with Crippen LogP contribution in [-0.2, 0) is 13.0 Å². The van der Waals surface area contributed by atoms with E-state index in [4.69, 9.17) is 9.72 Å². The molecule has 2 heterocycles. The van der Waals surface area contributed by atoms with Gasteiger partial charge in [0.2, 0.25) is 0 Å². The molecule has 1 aromatic heterocycles. The highest BCUT2D eigenvalue weighted by molar-refractivity contribution is 6.06. The van der Waals surface area contributed by atoms with Gasteiger partial charge in [-0.15, -0.1) is 0 Å². The number of methoxy groups -OCH3 is 1. The molecule has 0 saturated heterocycles. The molecule has 2 aromatic carbocycles. The average molecular weight is 347 g/mol. The molecule has 1 aliphatic heterocycles. The van der Waals surface area contributed by atoms with Gasteiger partial charge in [0, 0.05) is 30.3 Å². The van der Waals surface area contributed by atoms with Crippen LogP contribution in [-0.4, -0.2) is 22.6 Å². The molecule has 0 fully saturated rings. The number of carbonyl (C=O) groups is 1. The maximum atomic E-state index is 12.6. The lowest BCUT2D eigenvalue weighted by atomic mass is 10.1. The Bertz CT molecular complexity index is 905. The summed E-state index contributed by atoms with van der Waals surface area (Å²) in [6.45, 7) is 1.02. The van der Waals surface area contributed by atoms with Crippen LogP contribution in [0.15, 0.2) is 54.7 Å². The molecule has 3 aromatic rings. The zero-order valence-electron chi connectivity index (χ0n) is 14.7. The minimum absolute atomic E-state index is 0.149. The molecule has 4 rings (SSSR count). The molecule has 0 bridgehead atoms. The van der Waals surface area contributed by atoms with E-state index in [0.29, 0.717) is 5.56 Å². The van der Waals surface area contributed by atoms with Crippen LogP contribution in [0.2, 0.25) is 0 Å². The second-order valence-electron chi connectivity index (χ2n) is 6.42. The number of anilines is 1. The maximum absolute atomic E-state index is 12.6. The zero-order valence-corrected chi connectivity index (χ0v) is 14.7. The summed E-state index contributed by atoms with van der Waals surface area (Å²) in [5.74, 6) is 1.71. The number of nitrogens with one attached hydrogen (secondary N) is 1. The first-order chi connectivity index (χ1) is 12.7. The lowest BCUT2D eigenvalue weighted by molar-refractivity contribution is 0.102. The molecule has 0 atom stereocenters. The molecule has 5 heteroatoms.